The van der Waals surface area contributed by atoms with Crippen LogP contribution in [0.5, 0.6) is 0 Å². The second kappa shape index (κ2) is 6.70. The van der Waals surface area contributed by atoms with E-state index in [0.717, 1.165) is 23.7 Å². The van der Waals surface area contributed by atoms with E-state index in [2.05, 4.69) is 15.7 Å². The van der Waals surface area contributed by atoms with E-state index in [1.807, 2.05) is 25.0 Å². The van der Waals surface area contributed by atoms with Crippen molar-refractivity contribution in [2.75, 3.05) is 29.5 Å². The largest absolute Gasteiger partial charge is 0.344 e. The summed E-state index contributed by atoms with van der Waals surface area (Å²) in [6.07, 6.45) is 4.56. The van der Waals surface area contributed by atoms with Crippen LogP contribution in [0.4, 0.5) is 5.69 Å². The Morgan fingerprint density at radius 3 is 3.14 bits per heavy atom. The Labute approximate surface area is 133 Å². The zero-order valence-corrected chi connectivity index (χ0v) is 13.4. The van der Waals surface area contributed by atoms with Gasteiger partial charge in [0.25, 0.3) is 0 Å². The van der Waals surface area contributed by atoms with Gasteiger partial charge in [-0.1, -0.05) is 0 Å². The molecule has 2 fully saturated rings. The van der Waals surface area contributed by atoms with E-state index in [0.29, 0.717) is 19.4 Å². The summed E-state index contributed by atoms with van der Waals surface area (Å²) in [5.41, 5.74) is 0.787. The summed E-state index contributed by atoms with van der Waals surface area (Å²) in [6.45, 7) is 1.56. The Morgan fingerprint density at radius 1 is 1.59 bits per heavy atom. The van der Waals surface area contributed by atoms with Gasteiger partial charge in [0.2, 0.25) is 11.8 Å². The molecule has 7 nitrogen and oxygen atoms in total. The second-order valence-corrected chi connectivity index (χ2v) is 6.85. The molecule has 2 amide bonds. The van der Waals surface area contributed by atoms with Crippen LogP contribution in [0.2, 0.25) is 0 Å². The molecule has 2 aliphatic heterocycles. The standard InChI is InChI=1S/C14H21N5O2S/c1-18-8-11(7-16-18)19-4-2-12(14(19)21)17-13(20)6-10-9-22-5-3-15-10/h7-8,10,12,15H,2-6,9H2,1H3,(H,17,20). The molecule has 3 rings (SSSR count). The molecule has 2 saturated heterocycles. The van der Waals surface area contributed by atoms with Crippen molar-refractivity contribution in [2.45, 2.75) is 24.9 Å². The Balaban J connectivity index is 1.52. The monoisotopic (exact) mass is 323 g/mol. The SMILES string of the molecule is Cn1cc(N2CCC(NC(=O)CC3CSCCN3)C2=O)cn1. The fraction of sp³-hybridized carbons (Fsp3) is 0.643. The minimum Gasteiger partial charge on any atom is -0.344 e. The highest BCUT2D eigenvalue weighted by Crippen LogP contribution is 2.20. The predicted octanol–water partition coefficient (Wildman–Crippen LogP) is -0.263. The lowest BCUT2D eigenvalue weighted by Gasteiger charge is -2.23. The number of hydrogen-bond donors (Lipinski definition) is 2. The van der Waals surface area contributed by atoms with E-state index in [1.54, 1.807) is 15.8 Å². The maximum atomic E-state index is 12.4. The van der Waals surface area contributed by atoms with Gasteiger partial charge in [-0.15, -0.1) is 0 Å². The summed E-state index contributed by atoms with van der Waals surface area (Å²) in [7, 11) is 1.82. The zero-order chi connectivity index (χ0) is 15.5. The highest BCUT2D eigenvalue weighted by molar-refractivity contribution is 7.99. The smallest absolute Gasteiger partial charge is 0.249 e. The quantitative estimate of drug-likeness (QED) is 0.798. The van der Waals surface area contributed by atoms with Crippen LogP contribution in [0.15, 0.2) is 12.4 Å². The molecular formula is C14H21N5O2S. The molecule has 0 saturated carbocycles. The van der Waals surface area contributed by atoms with Crippen LogP contribution >= 0.6 is 11.8 Å². The summed E-state index contributed by atoms with van der Waals surface area (Å²) >= 11 is 1.86. The molecule has 2 N–H and O–H groups in total. The Hall–Kier alpha value is -1.54. The average molecular weight is 323 g/mol. The molecule has 0 aromatic carbocycles. The molecule has 2 unspecified atom stereocenters. The molecule has 1 aromatic heterocycles. The summed E-state index contributed by atoms with van der Waals surface area (Å²) < 4.78 is 1.67. The predicted molar refractivity (Wildman–Crippen MR) is 85.8 cm³/mol. The Kier molecular flexibility index (Phi) is 4.68. The molecule has 8 heteroatoms. The first kappa shape index (κ1) is 15.4. The van der Waals surface area contributed by atoms with Crippen LogP contribution in [-0.4, -0.2) is 58.3 Å². The summed E-state index contributed by atoms with van der Waals surface area (Å²) in [6, 6.07) is -0.200. The minimum atomic E-state index is -0.413. The molecule has 0 bridgehead atoms. The highest BCUT2D eigenvalue weighted by atomic mass is 32.2. The van der Waals surface area contributed by atoms with Gasteiger partial charge < -0.3 is 15.5 Å². The number of carbonyl (C=O) groups excluding carboxylic acids is 2. The molecule has 22 heavy (non-hydrogen) atoms. The fourth-order valence-electron chi connectivity index (χ4n) is 2.85. The van der Waals surface area contributed by atoms with Crippen molar-refractivity contribution in [3.63, 3.8) is 0 Å². The summed E-state index contributed by atoms with van der Waals surface area (Å²) in [5, 5.41) is 10.3. The van der Waals surface area contributed by atoms with Gasteiger partial charge in [-0.3, -0.25) is 14.3 Å². The number of amides is 2. The van der Waals surface area contributed by atoms with Crippen LogP contribution in [0, 0.1) is 0 Å². The van der Waals surface area contributed by atoms with E-state index >= 15 is 0 Å². The number of hydrogen-bond acceptors (Lipinski definition) is 5. The number of aromatic nitrogens is 2. The molecule has 0 aliphatic carbocycles. The van der Waals surface area contributed by atoms with Crippen molar-refractivity contribution >= 4 is 29.3 Å². The molecule has 0 radical (unpaired) electrons. The van der Waals surface area contributed by atoms with Gasteiger partial charge in [0.05, 0.1) is 11.9 Å². The summed E-state index contributed by atoms with van der Waals surface area (Å²) in [5.74, 6) is 1.95. The van der Waals surface area contributed by atoms with Crippen molar-refractivity contribution in [3.8, 4) is 0 Å². The molecule has 2 aliphatic rings. The first-order valence-electron chi connectivity index (χ1n) is 7.54. The van der Waals surface area contributed by atoms with Crippen molar-refractivity contribution in [3.05, 3.63) is 12.4 Å². The lowest BCUT2D eigenvalue weighted by atomic mass is 10.2. The maximum Gasteiger partial charge on any atom is 0.249 e. The normalized spacial score (nSPS) is 25.5. The van der Waals surface area contributed by atoms with Crippen LogP contribution in [0.3, 0.4) is 0 Å². The lowest BCUT2D eigenvalue weighted by molar-refractivity contribution is -0.126. The minimum absolute atomic E-state index is 0.0488. The van der Waals surface area contributed by atoms with Crippen LogP contribution in [-0.2, 0) is 16.6 Å². The van der Waals surface area contributed by atoms with E-state index in [1.165, 1.54) is 0 Å². The van der Waals surface area contributed by atoms with Crippen molar-refractivity contribution in [2.24, 2.45) is 7.05 Å². The van der Waals surface area contributed by atoms with Gasteiger partial charge in [0.15, 0.2) is 0 Å². The number of anilines is 1. The third-order valence-electron chi connectivity index (χ3n) is 3.97. The number of rotatable bonds is 4. The Bertz CT molecular complexity index is 555. The summed E-state index contributed by atoms with van der Waals surface area (Å²) in [4.78, 5) is 26.2. The van der Waals surface area contributed by atoms with E-state index < -0.39 is 6.04 Å². The second-order valence-electron chi connectivity index (χ2n) is 5.70. The van der Waals surface area contributed by atoms with E-state index in [4.69, 9.17) is 0 Å². The van der Waals surface area contributed by atoms with Crippen LogP contribution < -0.4 is 15.5 Å². The number of aryl methyl sites for hydroxylation is 1. The van der Waals surface area contributed by atoms with Crippen molar-refractivity contribution in [1.82, 2.24) is 20.4 Å². The molecule has 2 atom stereocenters. The first-order valence-corrected chi connectivity index (χ1v) is 8.69. The van der Waals surface area contributed by atoms with Crippen LogP contribution in [0.25, 0.3) is 0 Å². The average Bonchev–Trinajstić information content (AvgIpc) is 3.07. The highest BCUT2D eigenvalue weighted by Gasteiger charge is 2.34. The molecular weight excluding hydrogens is 302 g/mol. The lowest BCUT2D eigenvalue weighted by Crippen LogP contribution is -2.45. The van der Waals surface area contributed by atoms with Gasteiger partial charge in [-0.2, -0.15) is 16.9 Å². The maximum absolute atomic E-state index is 12.4. The molecule has 3 heterocycles. The molecule has 120 valence electrons. The van der Waals surface area contributed by atoms with Crippen molar-refractivity contribution in [1.29, 1.82) is 0 Å². The van der Waals surface area contributed by atoms with Gasteiger partial charge in [0, 0.05) is 50.3 Å². The zero-order valence-electron chi connectivity index (χ0n) is 12.6. The third kappa shape index (κ3) is 3.44. The molecule has 1 aromatic rings. The number of thioether (sulfide) groups is 1. The number of nitrogens with zero attached hydrogens (tertiary/aromatic N) is 3. The van der Waals surface area contributed by atoms with Gasteiger partial charge in [0.1, 0.15) is 6.04 Å². The Morgan fingerprint density at radius 2 is 2.45 bits per heavy atom. The first-order chi connectivity index (χ1) is 10.6. The third-order valence-corrected chi connectivity index (χ3v) is 5.10. The van der Waals surface area contributed by atoms with Gasteiger partial charge >= 0.3 is 0 Å². The van der Waals surface area contributed by atoms with Crippen LogP contribution in [0.1, 0.15) is 12.8 Å². The van der Waals surface area contributed by atoms with E-state index in [9.17, 15) is 9.59 Å². The van der Waals surface area contributed by atoms with Gasteiger partial charge in [-0.25, -0.2) is 0 Å². The molecule has 0 spiro atoms. The number of carbonyl (C=O) groups is 2. The number of nitrogens with one attached hydrogen (secondary N) is 2. The van der Waals surface area contributed by atoms with Crippen molar-refractivity contribution < 1.29 is 9.59 Å². The van der Waals surface area contributed by atoms with Gasteiger partial charge in [-0.05, 0) is 6.42 Å². The fourth-order valence-corrected chi connectivity index (χ4v) is 3.79. The topological polar surface area (TPSA) is 79.3 Å². The van der Waals surface area contributed by atoms with E-state index in [-0.39, 0.29) is 17.9 Å².